The number of hydrogen-bond donors (Lipinski definition) is 0. The first-order chi connectivity index (χ1) is 31.4. The number of nitrogens with zero attached hydrogens (tertiary/aromatic N) is 4. The topological polar surface area (TPSA) is 33.5 Å². The Labute approximate surface area is 414 Å². The molecular formula is C59H58F3N4OPt-3. The summed E-state index contributed by atoms with van der Waals surface area (Å²) in [4.78, 5) is 9.16. The van der Waals surface area contributed by atoms with Gasteiger partial charge in [-0.25, -0.2) is 4.98 Å². The quantitative estimate of drug-likeness (QED) is 0.155. The molecule has 0 N–H and O–H groups in total. The first-order valence-corrected chi connectivity index (χ1v) is 22.9. The molecule has 0 fully saturated rings. The van der Waals surface area contributed by atoms with E-state index in [9.17, 15) is 13.2 Å². The molecule has 0 amide bonds. The molecular weight excluding hydrogens is 1030 g/mol. The Balaban J connectivity index is 0.00000625. The Morgan fingerprint density at radius 2 is 1.16 bits per heavy atom. The zero-order valence-corrected chi connectivity index (χ0v) is 43.1. The van der Waals surface area contributed by atoms with Crippen LogP contribution in [0.2, 0.25) is 0 Å². The number of aromatic nitrogens is 2. The van der Waals surface area contributed by atoms with E-state index in [1.54, 1.807) is 22.9 Å². The molecule has 0 spiro atoms. The van der Waals surface area contributed by atoms with Crippen LogP contribution in [0.3, 0.4) is 0 Å². The minimum absolute atomic E-state index is 0. The van der Waals surface area contributed by atoms with E-state index in [0.29, 0.717) is 33.7 Å². The molecule has 2 aromatic heterocycles. The van der Waals surface area contributed by atoms with Crippen LogP contribution >= 0.6 is 0 Å². The average Bonchev–Trinajstić information content (AvgIpc) is 3.80. The average molecular weight is 1090 g/mol. The number of benzene rings is 6. The molecule has 0 saturated heterocycles. The Bertz CT molecular complexity index is 3160. The summed E-state index contributed by atoms with van der Waals surface area (Å²) < 4.78 is 51.7. The molecule has 0 aliphatic carbocycles. The maximum Gasteiger partial charge on any atom is 0.416 e. The third kappa shape index (κ3) is 9.21. The molecule has 0 saturated carbocycles. The molecule has 6 aromatic carbocycles. The molecule has 9 heteroatoms. The van der Waals surface area contributed by atoms with Crippen LogP contribution in [0.25, 0.3) is 38.8 Å². The molecule has 68 heavy (non-hydrogen) atoms. The van der Waals surface area contributed by atoms with Crippen LogP contribution in [0.1, 0.15) is 111 Å². The van der Waals surface area contributed by atoms with Gasteiger partial charge >= 0.3 is 6.18 Å². The Kier molecular flexibility index (Phi) is 12.3. The van der Waals surface area contributed by atoms with Crippen molar-refractivity contribution in [3.63, 3.8) is 0 Å². The first-order valence-electron chi connectivity index (χ1n) is 22.9. The fourth-order valence-corrected chi connectivity index (χ4v) is 9.05. The van der Waals surface area contributed by atoms with E-state index in [4.69, 9.17) is 9.72 Å². The number of rotatable bonds is 6. The predicted molar refractivity (Wildman–Crippen MR) is 269 cm³/mol. The third-order valence-electron chi connectivity index (χ3n) is 12.7. The molecule has 0 bridgehead atoms. The van der Waals surface area contributed by atoms with Gasteiger partial charge in [0.2, 0.25) is 0 Å². The second-order valence-electron chi connectivity index (χ2n) is 21.9. The summed E-state index contributed by atoms with van der Waals surface area (Å²) in [6.07, 6.45) is -2.80. The fraction of sp³-hybridized carbons (Fsp3) is 0.288. The van der Waals surface area contributed by atoms with Crippen molar-refractivity contribution in [3.8, 4) is 28.4 Å². The zero-order chi connectivity index (χ0) is 48.0. The second kappa shape index (κ2) is 17.3. The van der Waals surface area contributed by atoms with Crippen molar-refractivity contribution in [2.45, 2.75) is 111 Å². The predicted octanol–water partition coefficient (Wildman–Crippen LogP) is 16.9. The van der Waals surface area contributed by atoms with E-state index >= 15 is 0 Å². The van der Waals surface area contributed by atoms with Crippen LogP contribution in [-0.2, 0) is 48.9 Å². The van der Waals surface area contributed by atoms with E-state index in [1.807, 2.05) is 48.5 Å². The van der Waals surface area contributed by atoms with Gasteiger partial charge < -0.3 is 19.1 Å². The molecule has 0 atom stereocenters. The standard InChI is InChI=1S/C59H58F3N4O.Pt/c1-55(2,3)38-17-15-18-41(30-38)64-36-65(50-22-14-13-21-49(50)64)42-19-16-20-43(34-42)67-44-24-26-46-45-25-23-39(59(60,61)62)33-51(45)66(52(46)35-44)53-29-37(27-28-63-53)54-47(57(7,8)9)31-40(56(4,5)6)32-48(54)58(10,11)12;/h13-33,36H,1-12H3;/q-3;. The van der Waals surface area contributed by atoms with Crippen LogP contribution in [-0.4, -0.2) is 9.55 Å². The van der Waals surface area contributed by atoms with Gasteiger partial charge in [0, 0.05) is 61.3 Å². The number of halogens is 3. The van der Waals surface area contributed by atoms with Crippen molar-refractivity contribution in [1.29, 1.82) is 0 Å². The molecule has 0 unspecified atom stereocenters. The van der Waals surface area contributed by atoms with Crippen molar-refractivity contribution in [2.24, 2.45) is 0 Å². The SMILES string of the molecule is CC(C)(C)c1cccc(N2[CH-]N(c3[c-]c(Oc4[c-]c5c(cc4)c4ccc(C(F)(F)F)cc4n5-c4cc(-c5c(C(C)(C)C)cc(C(C)(C)C)cc5C(C)(C)C)ccn4)ccc3)c3ccccc32)c1.[Pt]. The number of pyridine rings is 1. The number of fused-ring (bicyclic) bond motifs is 4. The summed E-state index contributed by atoms with van der Waals surface area (Å²) in [5, 5.41) is 1.37. The van der Waals surface area contributed by atoms with Gasteiger partial charge in [0.15, 0.2) is 0 Å². The summed E-state index contributed by atoms with van der Waals surface area (Å²) >= 11 is 0. The summed E-state index contributed by atoms with van der Waals surface area (Å²) in [6, 6.07) is 45.8. The number of hydrogen-bond acceptors (Lipinski definition) is 4. The third-order valence-corrected chi connectivity index (χ3v) is 12.7. The van der Waals surface area contributed by atoms with E-state index in [-0.39, 0.29) is 42.7 Å². The van der Waals surface area contributed by atoms with Gasteiger partial charge in [0.05, 0.1) is 5.56 Å². The van der Waals surface area contributed by atoms with Gasteiger partial charge in [-0.1, -0.05) is 137 Å². The van der Waals surface area contributed by atoms with Crippen LogP contribution in [0.4, 0.5) is 35.9 Å². The number of para-hydroxylation sites is 2. The van der Waals surface area contributed by atoms with Crippen molar-refractivity contribution in [1.82, 2.24) is 9.55 Å². The minimum Gasteiger partial charge on any atom is -0.509 e. The molecule has 3 heterocycles. The first kappa shape index (κ1) is 48.6. The summed E-state index contributed by atoms with van der Waals surface area (Å²) in [7, 11) is 0. The monoisotopic (exact) mass is 1090 g/mol. The van der Waals surface area contributed by atoms with Gasteiger partial charge in [-0.05, 0) is 103 Å². The van der Waals surface area contributed by atoms with Gasteiger partial charge in [-0.2, -0.15) is 25.3 Å². The maximum atomic E-state index is 14.5. The smallest absolute Gasteiger partial charge is 0.416 e. The molecule has 354 valence electrons. The van der Waals surface area contributed by atoms with E-state index < -0.39 is 11.7 Å². The van der Waals surface area contributed by atoms with Crippen molar-refractivity contribution in [3.05, 3.63) is 174 Å². The van der Waals surface area contributed by atoms with Crippen LogP contribution in [0.5, 0.6) is 11.5 Å². The number of ether oxygens (including phenoxy) is 1. The van der Waals surface area contributed by atoms with Crippen LogP contribution < -0.4 is 14.5 Å². The molecule has 1 aliphatic rings. The van der Waals surface area contributed by atoms with Gasteiger partial charge in [0.1, 0.15) is 5.82 Å². The molecule has 8 aromatic rings. The largest absolute Gasteiger partial charge is 0.509 e. The van der Waals surface area contributed by atoms with Crippen molar-refractivity contribution in [2.75, 3.05) is 9.80 Å². The number of alkyl halides is 3. The van der Waals surface area contributed by atoms with Gasteiger partial charge in [0.25, 0.3) is 0 Å². The zero-order valence-electron chi connectivity index (χ0n) is 40.8. The van der Waals surface area contributed by atoms with E-state index in [1.165, 1.54) is 28.3 Å². The van der Waals surface area contributed by atoms with Crippen molar-refractivity contribution >= 4 is 44.6 Å². The van der Waals surface area contributed by atoms with Crippen LogP contribution in [0, 0.1) is 18.8 Å². The normalized spacial score (nSPS) is 13.6. The van der Waals surface area contributed by atoms with E-state index in [0.717, 1.165) is 45.3 Å². The Morgan fingerprint density at radius 1 is 0.544 bits per heavy atom. The summed E-state index contributed by atoms with van der Waals surface area (Å²) in [5.41, 5.74) is 10.4. The molecule has 5 nitrogen and oxygen atoms in total. The number of anilines is 4. The molecule has 9 rings (SSSR count). The second-order valence-corrected chi connectivity index (χ2v) is 21.9. The summed E-state index contributed by atoms with van der Waals surface area (Å²) in [6.45, 7) is 28.8. The summed E-state index contributed by atoms with van der Waals surface area (Å²) in [5.74, 6) is 1.31. The Morgan fingerprint density at radius 3 is 1.79 bits per heavy atom. The van der Waals surface area contributed by atoms with Crippen LogP contribution in [0.15, 0.2) is 128 Å². The molecule has 1 aliphatic heterocycles. The van der Waals surface area contributed by atoms with E-state index in [2.05, 4.69) is 160 Å². The molecule has 0 radical (unpaired) electrons. The minimum atomic E-state index is -4.55. The van der Waals surface area contributed by atoms with Gasteiger partial charge in [-0.15, -0.1) is 48.1 Å². The van der Waals surface area contributed by atoms with Gasteiger partial charge in [-0.3, -0.25) is 0 Å². The Hall–Kier alpha value is -5.85. The fourth-order valence-electron chi connectivity index (χ4n) is 9.05. The maximum absolute atomic E-state index is 14.5. The van der Waals surface area contributed by atoms with Crippen molar-refractivity contribution < 1.29 is 39.0 Å².